The number of hydrogen-bond donors (Lipinski definition) is 1. The fourth-order valence-corrected chi connectivity index (χ4v) is 3.63. The first kappa shape index (κ1) is 17.4. The van der Waals surface area contributed by atoms with Gasteiger partial charge in [0.1, 0.15) is 11.6 Å². The molecule has 7 nitrogen and oxygen atoms in total. The number of carbonyl (C=O) groups is 1. The first-order valence-electron chi connectivity index (χ1n) is 8.21. The molecule has 1 unspecified atom stereocenters. The van der Waals surface area contributed by atoms with Crippen molar-refractivity contribution in [3.8, 4) is 11.7 Å². The van der Waals surface area contributed by atoms with Crippen LogP contribution < -0.4 is 10.1 Å². The van der Waals surface area contributed by atoms with E-state index < -0.39 is 11.7 Å². The Morgan fingerprint density at radius 1 is 1.26 bits per heavy atom. The van der Waals surface area contributed by atoms with Crippen molar-refractivity contribution in [2.75, 3.05) is 12.4 Å². The molecule has 1 aliphatic rings. The molecule has 1 aromatic carbocycles. The van der Waals surface area contributed by atoms with Gasteiger partial charge in [-0.3, -0.25) is 4.79 Å². The lowest BCUT2D eigenvalue weighted by atomic mass is 9.85. The standard InChI is InChI=1S/C18H15ClFN5O2/c1-9-16-10(17-11(19)4-3-5-12(17)20)8-14(26)21-18(16)25(24-9)13-6-7-15(27-2)23-22-13/h3-7,10H,8H2,1-2H3,(H,21,26). The molecule has 0 spiro atoms. The quantitative estimate of drug-likeness (QED) is 0.746. The number of anilines is 1. The molecule has 3 aromatic rings. The minimum Gasteiger partial charge on any atom is -0.480 e. The summed E-state index contributed by atoms with van der Waals surface area (Å²) in [4.78, 5) is 12.4. The Labute approximate surface area is 159 Å². The number of fused-ring (bicyclic) bond motifs is 1. The van der Waals surface area contributed by atoms with Crippen LogP contribution in [0.1, 0.15) is 29.2 Å². The van der Waals surface area contributed by atoms with Crippen molar-refractivity contribution in [2.45, 2.75) is 19.3 Å². The summed E-state index contributed by atoms with van der Waals surface area (Å²) in [5, 5.41) is 15.6. The van der Waals surface area contributed by atoms with Gasteiger partial charge in [0.2, 0.25) is 11.8 Å². The topological polar surface area (TPSA) is 81.9 Å². The third-order valence-corrected chi connectivity index (χ3v) is 4.83. The number of nitrogens with zero attached hydrogens (tertiary/aromatic N) is 4. The van der Waals surface area contributed by atoms with Crippen LogP contribution in [0.2, 0.25) is 5.02 Å². The molecule has 138 valence electrons. The van der Waals surface area contributed by atoms with Crippen molar-refractivity contribution >= 4 is 23.3 Å². The number of ether oxygens (including phenoxy) is 1. The largest absolute Gasteiger partial charge is 0.480 e. The van der Waals surface area contributed by atoms with Crippen LogP contribution in [0.25, 0.3) is 5.82 Å². The van der Waals surface area contributed by atoms with E-state index in [0.29, 0.717) is 34.3 Å². The van der Waals surface area contributed by atoms with Gasteiger partial charge in [0.25, 0.3) is 0 Å². The molecular formula is C18H15ClFN5O2. The van der Waals surface area contributed by atoms with Gasteiger partial charge in [0, 0.05) is 34.6 Å². The molecule has 3 heterocycles. The van der Waals surface area contributed by atoms with Gasteiger partial charge in [-0.2, -0.15) is 9.78 Å². The monoisotopic (exact) mass is 387 g/mol. The molecule has 1 amide bonds. The Kier molecular flexibility index (Phi) is 4.27. The summed E-state index contributed by atoms with van der Waals surface area (Å²) >= 11 is 6.25. The highest BCUT2D eigenvalue weighted by Crippen LogP contribution is 2.43. The molecule has 0 saturated carbocycles. The summed E-state index contributed by atoms with van der Waals surface area (Å²) in [6.07, 6.45) is 0.0779. The number of halogens is 2. The van der Waals surface area contributed by atoms with E-state index in [-0.39, 0.29) is 17.4 Å². The Hall–Kier alpha value is -3.00. The zero-order valence-corrected chi connectivity index (χ0v) is 15.3. The van der Waals surface area contributed by atoms with E-state index in [1.807, 2.05) is 0 Å². The molecule has 0 radical (unpaired) electrons. The average Bonchev–Trinajstić information content (AvgIpc) is 2.98. The van der Waals surface area contributed by atoms with Gasteiger partial charge < -0.3 is 10.1 Å². The van der Waals surface area contributed by atoms with Crippen molar-refractivity contribution in [3.63, 3.8) is 0 Å². The maximum Gasteiger partial charge on any atom is 0.233 e. The van der Waals surface area contributed by atoms with Crippen molar-refractivity contribution in [2.24, 2.45) is 0 Å². The zero-order chi connectivity index (χ0) is 19.1. The Balaban J connectivity index is 1.88. The van der Waals surface area contributed by atoms with Crippen molar-refractivity contribution in [1.29, 1.82) is 0 Å². The summed E-state index contributed by atoms with van der Waals surface area (Å²) in [5.74, 6) is -0.0498. The van der Waals surface area contributed by atoms with Crippen molar-refractivity contribution in [1.82, 2.24) is 20.0 Å². The molecule has 9 heteroatoms. The number of nitrogens with one attached hydrogen (secondary N) is 1. The number of carbonyl (C=O) groups excluding carboxylic acids is 1. The van der Waals surface area contributed by atoms with Crippen molar-refractivity contribution < 1.29 is 13.9 Å². The SMILES string of the molecule is COc1ccc(-n2nc(C)c3c2NC(=O)CC3c2c(F)cccc2Cl)nn1. The summed E-state index contributed by atoms with van der Waals surface area (Å²) in [6.45, 7) is 1.80. The average molecular weight is 388 g/mol. The van der Waals surface area contributed by atoms with E-state index in [4.69, 9.17) is 16.3 Å². The van der Waals surface area contributed by atoms with Gasteiger partial charge >= 0.3 is 0 Å². The predicted molar refractivity (Wildman–Crippen MR) is 96.9 cm³/mol. The van der Waals surface area contributed by atoms with Crippen LogP contribution in [0.4, 0.5) is 10.2 Å². The van der Waals surface area contributed by atoms with Crippen LogP contribution in [0.5, 0.6) is 5.88 Å². The first-order chi connectivity index (χ1) is 13.0. The van der Waals surface area contributed by atoms with Gasteiger partial charge in [-0.1, -0.05) is 17.7 Å². The summed E-state index contributed by atoms with van der Waals surface area (Å²) in [7, 11) is 1.49. The fraction of sp³-hybridized carbons (Fsp3) is 0.222. The molecule has 0 saturated heterocycles. The lowest BCUT2D eigenvalue weighted by Crippen LogP contribution is -2.25. The van der Waals surface area contributed by atoms with E-state index in [1.54, 1.807) is 25.1 Å². The number of hydrogen-bond acceptors (Lipinski definition) is 5. The lowest BCUT2D eigenvalue weighted by Gasteiger charge is -2.25. The van der Waals surface area contributed by atoms with E-state index in [1.165, 1.54) is 23.9 Å². The highest BCUT2D eigenvalue weighted by molar-refractivity contribution is 6.31. The van der Waals surface area contributed by atoms with Crippen molar-refractivity contribution in [3.05, 3.63) is 58.0 Å². The zero-order valence-electron chi connectivity index (χ0n) is 14.5. The van der Waals surface area contributed by atoms with Crippen LogP contribution in [0.3, 0.4) is 0 Å². The van der Waals surface area contributed by atoms with E-state index in [9.17, 15) is 9.18 Å². The van der Waals surface area contributed by atoms with Gasteiger partial charge in [-0.15, -0.1) is 10.2 Å². The van der Waals surface area contributed by atoms with Crippen LogP contribution in [0.15, 0.2) is 30.3 Å². The predicted octanol–water partition coefficient (Wildman–Crippen LogP) is 3.25. The molecule has 0 bridgehead atoms. The van der Waals surface area contributed by atoms with Gasteiger partial charge in [0.05, 0.1) is 12.8 Å². The van der Waals surface area contributed by atoms with Gasteiger partial charge in [-0.05, 0) is 25.1 Å². The van der Waals surface area contributed by atoms with Crippen LogP contribution in [-0.4, -0.2) is 33.0 Å². The molecule has 4 rings (SSSR count). The van der Waals surface area contributed by atoms with E-state index in [0.717, 1.165) is 0 Å². The Bertz CT molecular complexity index is 1010. The molecule has 1 aliphatic heterocycles. The van der Waals surface area contributed by atoms with E-state index in [2.05, 4.69) is 20.6 Å². The number of aryl methyl sites for hydroxylation is 1. The highest BCUT2D eigenvalue weighted by atomic mass is 35.5. The van der Waals surface area contributed by atoms with Crippen LogP contribution >= 0.6 is 11.6 Å². The number of aromatic nitrogens is 4. The molecular weight excluding hydrogens is 373 g/mol. The third-order valence-electron chi connectivity index (χ3n) is 4.50. The highest BCUT2D eigenvalue weighted by Gasteiger charge is 2.35. The van der Waals surface area contributed by atoms with E-state index >= 15 is 0 Å². The molecule has 27 heavy (non-hydrogen) atoms. The minimum absolute atomic E-state index is 0.0779. The molecule has 1 N–H and O–H groups in total. The van der Waals surface area contributed by atoms with Gasteiger partial charge in [0.15, 0.2) is 5.82 Å². The molecule has 1 atom stereocenters. The Morgan fingerprint density at radius 2 is 2.07 bits per heavy atom. The maximum absolute atomic E-state index is 14.5. The number of amides is 1. The third kappa shape index (κ3) is 2.91. The summed E-state index contributed by atoms with van der Waals surface area (Å²) in [6, 6.07) is 7.79. The van der Waals surface area contributed by atoms with Gasteiger partial charge in [-0.25, -0.2) is 4.39 Å². The maximum atomic E-state index is 14.5. The molecule has 2 aromatic heterocycles. The second-order valence-corrected chi connectivity index (χ2v) is 6.54. The first-order valence-corrected chi connectivity index (χ1v) is 8.58. The van der Waals surface area contributed by atoms with Crippen LogP contribution in [-0.2, 0) is 4.79 Å². The summed E-state index contributed by atoms with van der Waals surface area (Å²) in [5.41, 5.74) is 1.64. The normalized spacial score (nSPS) is 16.0. The minimum atomic E-state index is -0.539. The molecule has 0 fully saturated rings. The Morgan fingerprint density at radius 3 is 2.74 bits per heavy atom. The van der Waals surface area contributed by atoms with Crippen LogP contribution in [0, 0.1) is 12.7 Å². The lowest BCUT2D eigenvalue weighted by molar-refractivity contribution is -0.116. The summed E-state index contributed by atoms with van der Waals surface area (Å²) < 4.78 is 21.0. The molecule has 0 aliphatic carbocycles. The number of rotatable bonds is 3. The number of methoxy groups -OCH3 is 1. The second-order valence-electron chi connectivity index (χ2n) is 6.13. The fourth-order valence-electron chi connectivity index (χ4n) is 3.34. The smallest absolute Gasteiger partial charge is 0.233 e. The number of benzene rings is 1. The second kappa shape index (κ2) is 6.62.